The molecule has 1 spiro atoms. The molecule has 4 fully saturated rings. The van der Waals surface area contributed by atoms with E-state index in [9.17, 15) is 4.79 Å². The Morgan fingerprint density at radius 2 is 1.94 bits per heavy atom. The van der Waals surface area contributed by atoms with E-state index in [1.165, 1.54) is 25.7 Å². The van der Waals surface area contributed by atoms with Crippen LogP contribution in [0.2, 0.25) is 0 Å². The van der Waals surface area contributed by atoms with Crippen molar-refractivity contribution in [1.82, 2.24) is 24.8 Å². The molecule has 8 heteroatoms. The summed E-state index contributed by atoms with van der Waals surface area (Å²) in [5.74, 6) is 2.99. The molecule has 1 saturated carbocycles. The first-order valence-electron chi connectivity index (χ1n) is 13.0. The normalized spacial score (nSPS) is 28.9. The average molecular weight is 464 g/mol. The molecule has 2 atom stereocenters. The number of rotatable bonds is 3. The van der Waals surface area contributed by atoms with Gasteiger partial charge in [-0.3, -0.25) is 4.98 Å². The number of carbonyl (C=O) groups excluding carboxylic acids is 1. The quantitative estimate of drug-likeness (QED) is 0.747. The van der Waals surface area contributed by atoms with Crippen LogP contribution >= 0.6 is 0 Å². The zero-order valence-corrected chi connectivity index (χ0v) is 19.8. The molecule has 0 radical (unpaired) electrons. The zero-order valence-electron chi connectivity index (χ0n) is 19.8. The molecule has 8 nitrogen and oxygen atoms in total. The number of nitrogens with zero attached hydrogens (tertiary/aromatic N) is 4. The molecule has 4 aliphatic heterocycles. The standard InChI is InChI=1S/C26H33N5O3/c1-30-23-22(29-24(30)17-13-18-6-7-19(14-17)28-18)21-20(3-2-10-27-21)34-26(23)8-11-31(12-9-26)25(32)33-15-16-4-5-16/h2-3,10,16-19,28H,4-9,11-15H2,1H3. The Morgan fingerprint density at radius 3 is 2.68 bits per heavy atom. The molecule has 34 heavy (non-hydrogen) atoms. The summed E-state index contributed by atoms with van der Waals surface area (Å²) in [6, 6.07) is 5.15. The van der Waals surface area contributed by atoms with Crippen LogP contribution in [0, 0.1) is 5.92 Å². The highest BCUT2D eigenvalue weighted by molar-refractivity contribution is 5.70. The van der Waals surface area contributed by atoms with Gasteiger partial charge in [0, 0.05) is 57.2 Å². The molecule has 5 aliphatic rings. The minimum Gasteiger partial charge on any atom is -0.478 e. The molecule has 1 amide bonds. The fraction of sp³-hybridized carbons (Fsp3) is 0.654. The summed E-state index contributed by atoms with van der Waals surface area (Å²) in [5.41, 5.74) is 2.44. The second-order valence-electron chi connectivity index (χ2n) is 11.0. The number of amides is 1. The molecule has 7 rings (SSSR count). The van der Waals surface area contributed by atoms with Gasteiger partial charge in [-0.25, -0.2) is 9.78 Å². The van der Waals surface area contributed by atoms with Gasteiger partial charge in [-0.15, -0.1) is 0 Å². The molecule has 1 aliphatic carbocycles. The molecule has 180 valence electrons. The first kappa shape index (κ1) is 20.7. The number of fused-ring (bicyclic) bond motifs is 6. The minimum absolute atomic E-state index is 0.185. The third-order valence-corrected chi connectivity index (χ3v) is 8.67. The van der Waals surface area contributed by atoms with Crippen LogP contribution < -0.4 is 10.1 Å². The number of aromatic nitrogens is 3. The van der Waals surface area contributed by atoms with Gasteiger partial charge in [-0.05, 0) is 56.6 Å². The number of carbonyl (C=O) groups is 1. The Hall–Kier alpha value is -2.61. The lowest BCUT2D eigenvalue weighted by atomic mass is 9.84. The maximum Gasteiger partial charge on any atom is 0.409 e. The van der Waals surface area contributed by atoms with Crippen molar-refractivity contribution in [3.63, 3.8) is 0 Å². The van der Waals surface area contributed by atoms with Crippen LogP contribution in [0.3, 0.4) is 0 Å². The van der Waals surface area contributed by atoms with E-state index < -0.39 is 5.60 Å². The summed E-state index contributed by atoms with van der Waals surface area (Å²) in [7, 11) is 2.15. The number of hydrogen-bond acceptors (Lipinski definition) is 6. The van der Waals surface area contributed by atoms with Crippen molar-refractivity contribution in [3.05, 3.63) is 29.8 Å². The molecule has 2 unspecified atom stereocenters. The van der Waals surface area contributed by atoms with Gasteiger partial charge in [0.2, 0.25) is 0 Å². The fourth-order valence-electron chi connectivity index (χ4n) is 6.70. The lowest BCUT2D eigenvalue weighted by molar-refractivity contribution is -0.0115. The van der Waals surface area contributed by atoms with E-state index >= 15 is 0 Å². The van der Waals surface area contributed by atoms with Crippen molar-refractivity contribution in [2.45, 2.75) is 75.0 Å². The van der Waals surface area contributed by atoms with Crippen molar-refractivity contribution >= 4 is 6.09 Å². The average Bonchev–Trinajstić information content (AvgIpc) is 3.53. The molecular weight excluding hydrogens is 430 g/mol. The smallest absolute Gasteiger partial charge is 0.409 e. The third-order valence-electron chi connectivity index (χ3n) is 8.67. The topological polar surface area (TPSA) is 81.5 Å². The summed E-state index contributed by atoms with van der Waals surface area (Å²) in [6.07, 6.45) is 10.3. The number of likely N-dealkylation sites (tertiary alicyclic amines) is 1. The molecule has 0 aromatic carbocycles. The number of piperidine rings is 2. The van der Waals surface area contributed by atoms with Crippen molar-refractivity contribution in [2.24, 2.45) is 13.0 Å². The van der Waals surface area contributed by atoms with E-state index in [1.807, 2.05) is 23.2 Å². The lowest BCUT2D eigenvalue weighted by Gasteiger charge is -2.44. The van der Waals surface area contributed by atoms with Gasteiger partial charge >= 0.3 is 6.09 Å². The summed E-state index contributed by atoms with van der Waals surface area (Å²) in [6.45, 7) is 1.80. The summed E-state index contributed by atoms with van der Waals surface area (Å²) < 4.78 is 14.6. The van der Waals surface area contributed by atoms with E-state index in [1.54, 1.807) is 0 Å². The number of ether oxygens (including phenoxy) is 2. The Bertz CT molecular complexity index is 1110. The van der Waals surface area contributed by atoms with Gasteiger partial charge < -0.3 is 24.3 Å². The third kappa shape index (κ3) is 3.33. The van der Waals surface area contributed by atoms with E-state index in [0.717, 1.165) is 54.3 Å². The van der Waals surface area contributed by atoms with Crippen molar-refractivity contribution in [3.8, 4) is 17.1 Å². The predicted molar refractivity (Wildman–Crippen MR) is 126 cm³/mol. The van der Waals surface area contributed by atoms with Crippen molar-refractivity contribution in [2.75, 3.05) is 19.7 Å². The Balaban J connectivity index is 1.21. The van der Waals surface area contributed by atoms with Crippen LogP contribution in [0.1, 0.15) is 68.8 Å². The zero-order chi connectivity index (χ0) is 22.9. The van der Waals surface area contributed by atoms with Gasteiger partial charge in [0.25, 0.3) is 0 Å². The van der Waals surface area contributed by atoms with Crippen LogP contribution in [0.5, 0.6) is 5.75 Å². The Labute approximate surface area is 200 Å². The van der Waals surface area contributed by atoms with Crippen molar-refractivity contribution in [1.29, 1.82) is 0 Å². The highest BCUT2D eigenvalue weighted by Crippen LogP contribution is 2.50. The van der Waals surface area contributed by atoms with Gasteiger partial charge in [0.1, 0.15) is 23.0 Å². The maximum atomic E-state index is 12.6. The Morgan fingerprint density at radius 1 is 1.18 bits per heavy atom. The first-order valence-corrected chi connectivity index (χ1v) is 13.0. The van der Waals surface area contributed by atoms with Gasteiger partial charge in [0.05, 0.1) is 12.3 Å². The number of imidazole rings is 1. The summed E-state index contributed by atoms with van der Waals surface area (Å²) in [5, 5.41) is 3.76. The molecule has 3 saturated heterocycles. The van der Waals surface area contributed by atoms with E-state index in [4.69, 9.17) is 14.5 Å². The van der Waals surface area contributed by atoms with Gasteiger partial charge in [-0.1, -0.05) is 0 Å². The SMILES string of the molecule is Cn1c(C2CC3CCC(C2)N3)nc2c1C1(CCN(C(=O)OCC3CC3)CC1)Oc1cccnc1-2. The first-order chi connectivity index (χ1) is 16.6. The van der Waals surface area contributed by atoms with Crippen LogP contribution in [-0.2, 0) is 17.4 Å². The number of hydrogen-bond donors (Lipinski definition) is 1. The Kier molecular flexibility index (Phi) is 4.70. The van der Waals surface area contributed by atoms with Gasteiger partial charge in [0.15, 0.2) is 5.60 Å². The second-order valence-corrected chi connectivity index (χ2v) is 11.0. The second kappa shape index (κ2) is 7.70. The monoisotopic (exact) mass is 463 g/mol. The molecule has 2 aromatic heterocycles. The summed E-state index contributed by atoms with van der Waals surface area (Å²) in [4.78, 5) is 24.4. The van der Waals surface area contributed by atoms with E-state index in [-0.39, 0.29) is 6.09 Å². The van der Waals surface area contributed by atoms with Crippen LogP contribution in [0.4, 0.5) is 4.79 Å². The highest BCUT2D eigenvalue weighted by atomic mass is 16.6. The van der Waals surface area contributed by atoms with Crippen LogP contribution in [0.15, 0.2) is 18.3 Å². The minimum atomic E-state index is -0.495. The van der Waals surface area contributed by atoms with Crippen LogP contribution in [0.25, 0.3) is 11.4 Å². The van der Waals surface area contributed by atoms with E-state index in [2.05, 4.69) is 21.9 Å². The molecule has 2 aromatic rings. The molecule has 1 N–H and O–H groups in total. The molecule has 2 bridgehead atoms. The van der Waals surface area contributed by atoms with Crippen molar-refractivity contribution < 1.29 is 14.3 Å². The molecular formula is C26H33N5O3. The summed E-state index contributed by atoms with van der Waals surface area (Å²) >= 11 is 0. The maximum absolute atomic E-state index is 12.6. The van der Waals surface area contributed by atoms with E-state index in [0.29, 0.717) is 43.6 Å². The number of nitrogens with one attached hydrogen (secondary N) is 1. The fourth-order valence-corrected chi connectivity index (χ4v) is 6.70. The predicted octanol–water partition coefficient (Wildman–Crippen LogP) is 3.71. The lowest BCUT2D eigenvalue weighted by Crippen LogP contribution is -2.50. The number of pyridine rings is 1. The van der Waals surface area contributed by atoms with Crippen LogP contribution in [-0.4, -0.2) is 57.3 Å². The largest absolute Gasteiger partial charge is 0.478 e. The highest BCUT2D eigenvalue weighted by Gasteiger charge is 2.49. The van der Waals surface area contributed by atoms with Gasteiger partial charge in [-0.2, -0.15) is 0 Å². The molecule has 6 heterocycles.